The number of rotatable bonds is 4. The Hall–Kier alpha value is -1.06. The Morgan fingerprint density at radius 2 is 1.90 bits per heavy atom. The van der Waals surface area contributed by atoms with E-state index >= 15 is 0 Å². The highest BCUT2D eigenvalue weighted by atomic mass is 16.4. The van der Waals surface area contributed by atoms with E-state index in [2.05, 4.69) is 0 Å². The molecule has 58 valence electrons. The molecule has 10 heavy (non-hydrogen) atoms. The summed E-state index contributed by atoms with van der Waals surface area (Å²) in [6, 6.07) is 0. The van der Waals surface area contributed by atoms with E-state index in [1.54, 1.807) is 6.92 Å². The van der Waals surface area contributed by atoms with Crippen molar-refractivity contribution in [3.05, 3.63) is 0 Å². The summed E-state index contributed by atoms with van der Waals surface area (Å²) in [5.74, 6) is -3.59. The van der Waals surface area contributed by atoms with Crippen LogP contribution in [-0.2, 0) is 9.59 Å². The van der Waals surface area contributed by atoms with Crippen LogP contribution in [0.4, 0.5) is 0 Å². The minimum Gasteiger partial charge on any atom is -0.550 e. The zero-order valence-electron chi connectivity index (χ0n) is 5.62. The third-order valence-electron chi connectivity index (χ3n) is 1.24. The summed E-state index contributed by atoms with van der Waals surface area (Å²) in [5.41, 5.74) is 0. The van der Waals surface area contributed by atoms with E-state index in [1.165, 1.54) is 0 Å². The van der Waals surface area contributed by atoms with Gasteiger partial charge in [-0.15, -0.1) is 0 Å². The molecule has 0 fully saturated rings. The second-order valence-electron chi connectivity index (χ2n) is 2.00. The van der Waals surface area contributed by atoms with Crippen molar-refractivity contribution in [2.24, 2.45) is 5.92 Å². The van der Waals surface area contributed by atoms with Crippen LogP contribution in [0.2, 0.25) is 0 Å². The summed E-state index contributed by atoms with van der Waals surface area (Å²) in [7, 11) is 0. The van der Waals surface area contributed by atoms with E-state index in [1.807, 2.05) is 0 Å². The monoisotopic (exact) mass is 144 g/mol. The molecule has 0 aromatic rings. The molecule has 0 heterocycles. The van der Waals surface area contributed by atoms with Crippen molar-refractivity contribution in [3.8, 4) is 0 Å². The summed E-state index contributed by atoms with van der Waals surface area (Å²) in [4.78, 5) is 19.9. The molecule has 0 bridgehead atoms. The van der Waals surface area contributed by atoms with E-state index in [9.17, 15) is 19.8 Å². The summed E-state index contributed by atoms with van der Waals surface area (Å²) >= 11 is 0. The summed E-state index contributed by atoms with van der Waals surface area (Å²) in [6.07, 6.45) is -0.199. The molecule has 0 radical (unpaired) electrons. The maximum absolute atomic E-state index is 10.1. The molecular formula is C6H8O4-2. The summed E-state index contributed by atoms with van der Waals surface area (Å²) in [5, 5.41) is 19.9. The highest BCUT2D eigenvalue weighted by Gasteiger charge is 2.06. The Labute approximate surface area is 58.5 Å². The molecule has 0 spiro atoms. The normalized spacial score (nSPS) is 12.5. The molecule has 0 aromatic heterocycles. The van der Waals surface area contributed by atoms with Crippen molar-refractivity contribution in [1.29, 1.82) is 0 Å². The van der Waals surface area contributed by atoms with Crippen LogP contribution < -0.4 is 10.2 Å². The number of carbonyl (C=O) groups is 2. The molecule has 0 rings (SSSR count). The van der Waals surface area contributed by atoms with Gasteiger partial charge in [-0.3, -0.25) is 0 Å². The van der Waals surface area contributed by atoms with Gasteiger partial charge in [0.15, 0.2) is 0 Å². The molecule has 0 aromatic carbocycles. The Morgan fingerprint density at radius 1 is 1.40 bits per heavy atom. The highest BCUT2D eigenvalue weighted by Crippen LogP contribution is 2.04. The lowest BCUT2D eigenvalue weighted by molar-refractivity contribution is -0.320. The highest BCUT2D eigenvalue weighted by molar-refractivity contribution is 5.75. The maximum Gasteiger partial charge on any atom is 0.0448 e. The van der Waals surface area contributed by atoms with Crippen molar-refractivity contribution in [2.75, 3.05) is 0 Å². The van der Waals surface area contributed by atoms with Gasteiger partial charge in [0.05, 0.1) is 0 Å². The Kier molecular flexibility index (Phi) is 3.46. The summed E-state index contributed by atoms with van der Waals surface area (Å²) in [6.45, 7) is 1.59. The van der Waals surface area contributed by atoms with Crippen LogP contribution in [0.15, 0.2) is 0 Å². The van der Waals surface area contributed by atoms with Gasteiger partial charge in [-0.25, -0.2) is 0 Å². The first-order valence-corrected chi connectivity index (χ1v) is 2.98. The predicted octanol–water partition coefficient (Wildman–Crippen LogP) is -2.10. The number of carboxylic acid groups (broad SMARTS) is 2. The SMILES string of the molecule is CCC(CC(=O)[O-])C(=O)[O-]. The van der Waals surface area contributed by atoms with Gasteiger partial charge in [-0.05, 0) is 12.8 Å². The predicted molar refractivity (Wildman–Crippen MR) is 28.4 cm³/mol. The fraction of sp³-hybridized carbons (Fsp3) is 0.667. The Bertz CT molecular complexity index is 141. The van der Waals surface area contributed by atoms with Crippen molar-refractivity contribution in [3.63, 3.8) is 0 Å². The summed E-state index contributed by atoms with van der Waals surface area (Å²) < 4.78 is 0. The van der Waals surface area contributed by atoms with Crippen LogP contribution >= 0.6 is 0 Å². The minimum absolute atomic E-state index is 0.260. The standard InChI is InChI=1S/C6H10O4/c1-2-4(6(9)10)3-5(7)8/h4H,2-3H2,1H3,(H,7,8)(H,9,10)/p-2. The van der Waals surface area contributed by atoms with Gasteiger partial charge >= 0.3 is 0 Å². The first-order chi connectivity index (χ1) is 4.57. The molecule has 0 aliphatic carbocycles. The zero-order valence-corrected chi connectivity index (χ0v) is 5.62. The van der Waals surface area contributed by atoms with Gasteiger partial charge in [-0.1, -0.05) is 6.92 Å². The van der Waals surface area contributed by atoms with Crippen molar-refractivity contribution < 1.29 is 19.8 Å². The van der Waals surface area contributed by atoms with E-state index in [0.717, 1.165) is 0 Å². The van der Waals surface area contributed by atoms with E-state index in [-0.39, 0.29) is 6.42 Å². The van der Waals surface area contributed by atoms with Gasteiger partial charge in [0.2, 0.25) is 0 Å². The second kappa shape index (κ2) is 3.87. The molecule has 0 amide bonds. The molecule has 0 saturated heterocycles. The molecule has 0 saturated carbocycles. The molecule has 4 heteroatoms. The molecule has 4 nitrogen and oxygen atoms in total. The van der Waals surface area contributed by atoms with Gasteiger partial charge in [-0.2, -0.15) is 0 Å². The van der Waals surface area contributed by atoms with Gasteiger partial charge < -0.3 is 19.8 Å². The fourth-order valence-electron chi connectivity index (χ4n) is 0.596. The number of carboxylic acids is 2. The van der Waals surface area contributed by atoms with Crippen LogP contribution in [0.5, 0.6) is 0 Å². The molecule has 0 aliphatic heterocycles. The Balaban J connectivity index is 3.83. The molecule has 0 aliphatic rings. The third-order valence-corrected chi connectivity index (χ3v) is 1.24. The van der Waals surface area contributed by atoms with Crippen molar-refractivity contribution >= 4 is 11.9 Å². The van der Waals surface area contributed by atoms with E-state index in [0.29, 0.717) is 0 Å². The molecular weight excluding hydrogens is 136 g/mol. The number of carbonyl (C=O) groups excluding carboxylic acids is 2. The first kappa shape index (κ1) is 8.94. The maximum atomic E-state index is 10.1. The van der Waals surface area contributed by atoms with Gasteiger partial charge in [0.25, 0.3) is 0 Å². The quantitative estimate of drug-likeness (QED) is 0.452. The van der Waals surface area contributed by atoms with Crippen molar-refractivity contribution in [2.45, 2.75) is 19.8 Å². The minimum atomic E-state index is -1.35. The van der Waals surface area contributed by atoms with Gasteiger partial charge in [0, 0.05) is 17.9 Å². The number of hydrogen-bond acceptors (Lipinski definition) is 4. The van der Waals surface area contributed by atoms with Crippen molar-refractivity contribution in [1.82, 2.24) is 0 Å². The van der Waals surface area contributed by atoms with E-state index < -0.39 is 24.3 Å². The Morgan fingerprint density at radius 3 is 2.00 bits per heavy atom. The lowest BCUT2D eigenvalue weighted by Crippen LogP contribution is -2.35. The fourth-order valence-corrected chi connectivity index (χ4v) is 0.596. The van der Waals surface area contributed by atoms with Crippen LogP contribution in [0, 0.1) is 5.92 Å². The third kappa shape index (κ3) is 3.06. The average Bonchev–Trinajstić information content (AvgIpc) is 1.81. The number of aliphatic carboxylic acids is 2. The molecule has 1 unspecified atom stereocenters. The average molecular weight is 144 g/mol. The van der Waals surface area contributed by atoms with Gasteiger partial charge in [0.1, 0.15) is 0 Å². The zero-order chi connectivity index (χ0) is 8.15. The smallest absolute Gasteiger partial charge is 0.0448 e. The van der Waals surface area contributed by atoms with Crippen LogP contribution in [0.1, 0.15) is 19.8 Å². The second-order valence-corrected chi connectivity index (χ2v) is 2.00. The lowest BCUT2D eigenvalue weighted by atomic mass is 10.0. The lowest BCUT2D eigenvalue weighted by Gasteiger charge is -2.15. The first-order valence-electron chi connectivity index (χ1n) is 2.98. The van der Waals surface area contributed by atoms with E-state index in [4.69, 9.17) is 0 Å². The molecule has 1 atom stereocenters. The molecule has 0 N–H and O–H groups in total. The topological polar surface area (TPSA) is 80.3 Å². The number of hydrogen-bond donors (Lipinski definition) is 0. The van der Waals surface area contributed by atoms with Crippen LogP contribution in [0.3, 0.4) is 0 Å². The largest absolute Gasteiger partial charge is 0.550 e. The van der Waals surface area contributed by atoms with Crippen LogP contribution in [0.25, 0.3) is 0 Å². The van der Waals surface area contributed by atoms with Crippen LogP contribution in [-0.4, -0.2) is 11.9 Å².